The minimum atomic E-state index is 0.585. The number of nitrogens with zero attached hydrogens (tertiary/aromatic N) is 1. The van der Waals surface area contributed by atoms with Crippen LogP contribution >= 0.6 is 23.2 Å². The lowest BCUT2D eigenvalue weighted by atomic mass is 10.2. The Hall–Kier alpha value is -1.77. The van der Waals surface area contributed by atoms with Gasteiger partial charge in [0, 0.05) is 11.8 Å². The molecule has 0 saturated carbocycles. The molecule has 19 heavy (non-hydrogen) atoms. The first-order valence-electron chi connectivity index (χ1n) is 5.81. The van der Waals surface area contributed by atoms with E-state index in [0.717, 1.165) is 16.8 Å². The number of aromatic nitrogens is 2. The fraction of sp³-hybridized carbons (Fsp3) is 0. The third-order valence-corrected chi connectivity index (χ3v) is 3.48. The molecular formula is C15H10Cl2N2. The van der Waals surface area contributed by atoms with Gasteiger partial charge in [0.2, 0.25) is 0 Å². The number of H-pyrrole nitrogens is 1. The Labute approximate surface area is 121 Å². The first-order valence-corrected chi connectivity index (χ1v) is 6.56. The van der Waals surface area contributed by atoms with E-state index in [9.17, 15) is 0 Å². The molecule has 0 saturated heterocycles. The standard InChI is InChI=1S/C15H10Cl2N2/c16-11-7-4-8-12(17)14(11)15-18-9-13(19-15)10-5-2-1-3-6-10/h1-9H,(H,18,19). The number of nitrogens with one attached hydrogen (secondary N) is 1. The highest BCUT2D eigenvalue weighted by Gasteiger charge is 2.12. The molecule has 0 fully saturated rings. The molecule has 1 aromatic heterocycles. The maximum atomic E-state index is 6.17. The number of hydrogen-bond donors (Lipinski definition) is 1. The van der Waals surface area contributed by atoms with Crippen LogP contribution < -0.4 is 0 Å². The molecule has 1 N–H and O–H groups in total. The van der Waals surface area contributed by atoms with Gasteiger partial charge in [-0.25, -0.2) is 4.98 Å². The summed E-state index contributed by atoms with van der Waals surface area (Å²) < 4.78 is 0. The third-order valence-electron chi connectivity index (χ3n) is 2.85. The zero-order valence-corrected chi connectivity index (χ0v) is 11.4. The van der Waals surface area contributed by atoms with Gasteiger partial charge in [-0.15, -0.1) is 0 Å². The Bertz CT molecular complexity index is 685. The van der Waals surface area contributed by atoms with Crippen molar-refractivity contribution in [3.8, 4) is 22.6 Å². The highest BCUT2D eigenvalue weighted by atomic mass is 35.5. The summed E-state index contributed by atoms with van der Waals surface area (Å²) in [7, 11) is 0. The molecule has 3 aromatic rings. The summed E-state index contributed by atoms with van der Waals surface area (Å²) in [5, 5.41) is 1.17. The molecule has 0 bridgehead atoms. The Morgan fingerprint density at radius 3 is 2.21 bits per heavy atom. The number of imidazole rings is 1. The molecule has 2 aromatic carbocycles. The van der Waals surface area contributed by atoms with Gasteiger partial charge in [-0.2, -0.15) is 0 Å². The first-order chi connectivity index (χ1) is 9.25. The van der Waals surface area contributed by atoms with Crippen molar-refractivity contribution in [3.63, 3.8) is 0 Å². The molecule has 2 nitrogen and oxygen atoms in total. The van der Waals surface area contributed by atoms with E-state index in [4.69, 9.17) is 23.2 Å². The number of halogens is 2. The highest BCUT2D eigenvalue weighted by Crippen LogP contribution is 2.33. The lowest BCUT2D eigenvalue weighted by Crippen LogP contribution is -1.84. The van der Waals surface area contributed by atoms with Gasteiger partial charge in [-0.3, -0.25) is 0 Å². The summed E-state index contributed by atoms with van der Waals surface area (Å²) in [5.41, 5.74) is 2.65. The Kier molecular flexibility index (Phi) is 3.28. The first kappa shape index (κ1) is 12.3. The molecule has 0 amide bonds. The molecular weight excluding hydrogens is 279 g/mol. The quantitative estimate of drug-likeness (QED) is 0.702. The summed E-state index contributed by atoms with van der Waals surface area (Å²) in [6, 6.07) is 15.4. The van der Waals surface area contributed by atoms with Crippen molar-refractivity contribution in [1.29, 1.82) is 0 Å². The minimum absolute atomic E-state index is 0.585. The van der Waals surface area contributed by atoms with Crippen molar-refractivity contribution in [2.45, 2.75) is 0 Å². The molecule has 0 spiro atoms. The van der Waals surface area contributed by atoms with Crippen molar-refractivity contribution >= 4 is 23.2 Å². The summed E-state index contributed by atoms with van der Waals surface area (Å²) in [6.45, 7) is 0. The maximum absolute atomic E-state index is 6.17. The molecule has 0 aliphatic carbocycles. The fourth-order valence-corrected chi connectivity index (χ4v) is 2.51. The Balaban J connectivity index is 2.07. The second kappa shape index (κ2) is 5.08. The van der Waals surface area contributed by atoms with Gasteiger partial charge in [0.05, 0.1) is 21.3 Å². The Morgan fingerprint density at radius 1 is 0.842 bits per heavy atom. The maximum Gasteiger partial charge on any atom is 0.141 e. The number of aromatic amines is 1. The zero-order valence-electron chi connectivity index (χ0n) is 9.90. The van der Waals surface area contributed by atoms with Crippen LogP contribution in [-0.4, -0.2) is 9.97 Å². The molecule has 3 rings (SSSR count). The molecule has 94 valence electrons. The van der Waals surface area contributed by atoms with Gasteiger partial charge in [0.15, 0.2) is 0 Å². The Morgan fingerprint density at radius 2 is 1.53 bits per heavy atom. The van der Waals surface area contributed by atoms with Crippen LogP contribution in [-0.2, 0) is 0 Å². The molecule has 0 unspecified atom stereocenters. The molecule has 0 aliphatic heterocycles. The smallest absolute Gasteiger partial charge is 0.141 e. The molecule has 0 aliphatic rings. The van der Waals surface area contributed by atoms with Gasteiger partial charge in [0.1, 0.15) is 5.82 Å². The van der Waals surface area contributed by atoms with Gasteiger partial charge in [0.25, 0.3) is 0 Å². The molecule has 4 heteroatoms. The lowest BCUT2D eigenvalue weighted by molar-refractivity contribution is 1.31. The average Bonchev–Trinajstić information content (AvgIpc) is 2.89. The average molecular weight is 289 g/mol. The van der Waals surface area contributed by atoms with E-state index < -0.39 is 0 Å². The summed E-state index contributed by atoms with van der Waals surface area (Å²) in [4.78, 5) is 7.67. The van der Waals surface area contributed by atoms with Gasteiger partial charge in [-0.1, -0.05) is 59.6 Å². The second-order valence-electron chi connectivity index (χ2n) is 4.10. The van der Waals surface area contributed by atoms with Crippen LogP contribution in [0.2, 0.25) is 10.0 Å². The summed E-state index contributed by atoms with van der Waals surface area (Å²) in [6.07, 6.45) is 1.85. The monoisotopic (exact) mass is 288 g/mol. The van der Waals surface area contributed by atoms with Crippen LogP contribution in [0.3, 0.4) is 0 Å². The van der Waals surface area contributed by atoms with Crippen molar-refractivity contribution in [2.75, 3.05) is 0 Å². The van der Waals surface area contributed by atoms with E-state index in [0.29, 0.717) is 15.9 Å². The van der Waals surface area contributed by atoms with Gasteiger partial charge >= 0.3 is 0 Å². The van der Waals surface area contributed by atoms with Crippen LogP contribution in [0.5, 0.6) is 0 Å². The predicted octanol–water partition coefficient (Wildman–Crippen LogP) is 5.05. The van der Waals surface area contributed by atoms with E-state index in [1.54, 1.807) is 12.1 Å². The normalized spacial score (nSPS) is 10.6. The second-order valence-corrected chi connectivity index (χ2v) is 4.91. The predicted molar refractivity (Wildman–Crippen MR) is 79.5 cm³/mol. The van der Waals surface area contributed by atoms with E-state index >= 15 is 0 Å². The van der Waals surface area contributed by atoms with E-state index in [2.05, 4.69) is 9.97 Å². The van der Waals surface area contributed by atoms with E-state index in [-0.39, 0.29) is 0 Å². The van der Waals surface area contributed by atoms with Crippen molar-refractivity contribution in [1.82, 2.24) is 9.97 Å². The highest BCUT2D eigenvalue weighted by molar-refractivity contribution is 6.38. The van der Waals surface area contributed by atoms with Crippen molar-refractivity contribution < 1.29 is 0 Å². The lowest BCUT2D eigenvalue weighted by Gasteiger charge is -2.02. The van der Waals surface area contributed by atoms with E-state index in [1.807, 2.05) is 42.6 Å². The van der Waals surface area contributed by atoms with Crippen LogP contribution in [0.4, 0.5) is 0 Å². The van der Waals surface area contributed by atoms with Gasteiger partial charge in [-0.05, 0) is 12.1 Å². The number of rotatable bonds is 2. The number of hydrogen-bond acceptors (Lipinski definition) is 1. The minimum Gasteiger partial charge on any atom is -0.344 e. The molecule has 1 heterocycles. The zero-order chi connectivity index (χ0) is 13.2. The van der Waals surface area contributed by atoms with Gasteiger partial charge < -0.3 is 4.98 Å². The number of benzene rings is 2. The summed E-state index contributed by atoms with van der Waals surface area (Å²) >= 11 is 12.3. The fourth-order valence-electron chi connectivity index (χ4n) is 1.93. The molecule has 0 radical (unpaired) electrons. The van der Waals surface area contributed by atoms with Crippen molar-refractivity contribution in [3.05, 3.63) is 64.8 Å². The van der Waals surface area contributed by atoms with Crippen molar-refractivity contribution in [2.24, 2.45) is 0 Å². The van der Waals surface area contributed by atoms with Crippen LogP contribution in [0, 0.1) is 0 Å². The van der Waals surface area contributed by atoms with E-state index in [1.165, 1.54) is 0 Å². The van der Waals surface area contributed by atoms with Crippen LogP contribution in [0.25, 0.3) is 22.6 Å². The third kappa shape index (κ3) is 2.37. The SMILES string of the molecule is Clc1cccc(Cl)c1-c1nc(-c2ccccc2)c[nH]1. The molecule has 0 atom stereocenters. The van der Waals surface area contributed by atoms with Crippen LogP contribution in [0.15, 0.2) is 54.7 Å². The largest absolute Gasteiger partial charge is 0.344 e. The van der Waals surface area contributed by atoms with Crippen LogP contribution in [0.1, 0.15) is 0 Å². The summed E-state index contributed by atoms with van der Waals surface area (Å²) in [5.74, 6) is 0.675. The topological polar surface area (TPSA) is 28.7 Å².